The Balaban J connectivity index is 0.00000211. The second-order valence-electron chi connectivity index (χ2n) is 3.58. The van der Waals surface area contributed by atoms with Gasteiger partial charge in [-0.05, 0) is 20.3 Å². The van der Waals surface area contributed by atoms with Crippen LogP contribution in [0.5, 0.6) is 5.75 Å². The van der Waals surface area contributed by atoms with Gasteiger partial charge in [0.1, 0.15) is 11.3 Å². The fraction of sp³-hybridized carbons (Fsp3) is 0.333. The van der Waals surface area contributed by atoms with Crippen LogP contribution in [0.1, 0.15) is 36.7 Å². The monoisotopic (exact) mass is 435 g/mol. The molecule has 1 aromatic rings. The summed E-state index contributed by atoms with van der Waals surface area (Å²) >= 11 is 2.03. The number of benzene rings is 1. The number of carbonyl (C=O) groups is 2. The molecule has 1 rings (SSSR count). The maximum absolute atomic E-state index is 11.7. The SMILES string of the molecule is CC.COC(=O)c1cc(C#CSI)c(NC(C)=O)cc1OC. The number of methoxy groups -OCH3 is 2. The summed E-state index contributed by atoms with van der Waals surface area (Å²) < 4.78 is 9.84. The van der Waals surface area contributed by atoms with E-state index in [1.54, 1.807) is 6.07 Å². The number of hydrogen-bond donors (Lipinski definition) is 1. The minimum Gasteiger partial charge on any atom is -0.496 e. The maximum atomic E-state index is 11.7. The van der Waals surface area contributed by atoms with Crippen molar-refractivity contribution in [3.63, 3.8) is 0 Å². The molecule has 0 spiro atoms. The van der Waals surface area contributed by atoms with E-state index in [0.29, 0.717) is 17.0 Å². The topological polar surface area (TPSA) is 64.6 Å². The van der Waals surface area contributed by atoms with Crippen molar-refractivity contribution in [1.29, 1.82) is 0 Å². The van der Waals surface area contributed by atoms with Gasteiger partial charge in [0.25, 0.3) is 0 Å². The standard InChI is InChI=1S/C13H12INO4S.C2H6/c1-8(16)15-11-7-12(18-2)10(13(17)19-3)6-9(11)4-5-20-14;1-2/h6-7H,1-3H3,(H,15,16);1-2H3. The Kier molecular flexibility index (Phi) is 10.5. The number of anilines is 1. The largest absolute Gasteiger partial charge is 0.496 e. The molecule has 0 radical (unpaired) electrons. The Morgan fingerprint density at radius 2 is 1.91 bits per heavy atom. The molecule has 0 fully saturated rings. The van der Waals surface area contributed by atoms with Gasteiger partial charge < -0.3 is 14.8 Å². The number of ether oxygens (including phenoxy) is 2. The first-order valence-corrected chi connectivity index (χ1v) is 9.76. The molecule has 1 N–H and O–H groups in total. The first kappa shape index (κ1) is 20.6. The van der Waals surface area contributed by atoms with Crippen molar-refractivity contribution in [3.8, 4) is 16.9 Å². The molecular formula is C15H18INO4S. The van der Waals surface area contributed by atoms with Crippen LogP contribution in [0.2, 0.25) is 0 Å². The van der Waals surface area contributed by atoms with Crippen LogP contribution < -0.4 is 10.1 Å². The van der Waals surface area contributed by atoms with Gasteiger partial charge in [-0.1, -0.05) is 19.8 Å². The predicted octanol–water partition coefficient (Wildman–Crippen LogP) is 3.86. The van der Waals surface area contributed by atoms with Crippen molar-refractivity contribution in [2.45, 2.75) is 20.8 Å². The molecule has 0 aliphatic carbocycles. The molecule has 7 heteroatoms. The molecule has 0 saturated heterocycles. The van der Waals surface area contributed by atoms with Gasteiger partial charge in [0.05, 0.1) is 25.5 Å². The molecule has 0 heterocycles. The molecule has 0 saturated carbocycles. The molecule has 120 valence electrons. The Labute approximate surface area is 147 Å². The van der Waals surface area contributed by atoms with Crippen molar-refractivity contribution < 1.29 is 19.1 Å². The summed E-state index contributed by atoms with van der Waals surface area (Å²) in [6.07, 6.45) is 0. The first-order chi connectivity index (χ1) is 10.5. The first-order valence-electron chi connectivity index (χ1n) is 6.40. The van der Waals surface area contributed by atoms with E-state index < -0.39 is 5.97 Å². The van der Waals surface area contributed by atoms with Crippen LogP contribution in [0.15, 0.2) is 12.1 Å². The van der Waals surface area contributed by atoms with E-state index in [0.717, 1.165) is 0 Å². The van der Waals surface area contributed by atoms with Gasteiger partial charge in [0.2, 0.25) is 5.91 Å². The third kappa shape index (κ3) is 6.15. The molecule has 1 amide bonds. The second kappa shape index (κ2) is 11.2. The molecule has 0 aliphatic heterocycles. The summed E-state index contributed by atoms with van der Waals surface area (Å²) in [5.74, 6) is 2.42. The Morgan fingerprint density at radius 3 is 2.36 bits per heavy atom. The number of esters is 1. The summed E-state index contributed by atoms with van der Waals surface area (Å²) in [5, 5.41) is 5.46. The zero-order valence-electron chi connectivity index (χ0n) is 13.1. The number of carbonyl (C=O) groups excluding carboxylic acids is 2. The molecule has 0 aromatic heterocycles. The van der Waals surface area contributed by atoms with Gasteiger partial charge in [-0.3, -0.25) is 4.79 Å². The molecule has 22 heavy (non-hydrogen) atoms. The van der Waals surface area contributed by atoms with Crippen molar-refractivity contribution in [3.05, 3.63) is 23.3 Å². The zero-order valence-corrected chi connectivity index (χ0v) is 16.0. The predicted molar refractivity (Wildman–Crippen MR) is 98.5 cm³/mol. The molecular weight excluding hydrogens is 417 g/mol. The molecule has 0 aliphatic rings. The van der Waals surface area contributed by atoms with E-state index in [4.69, 9.17) is 9.47 Å². The minimum absolute atomic E-state index is 0.233. The maximum Gasteiger partial charge on any atom is 0.341 e. The Bertz CT molecular complexity index is 593. The quantitative estimate of drug-likeness (QED) is 0.444. The minimum atomic E-state index is -0.526. The lowest BCUT2D eigenvalue weighted by atomic mass is 10.1. The summed E-state index contributed by atoms with van der Waals surface area (Å²) in [5.41, 5.74) is 1.26. The number of nitrogens with one attached hydrogen (secondary N) is 1. The molecule has 5 nitrogen and oxygen atoms in total. The van der Waals surface area contributed by atoms with Crippen LogP contribution in [0.3, 0.4) is 0 Å². The summed E-state index contributed by atoms with van der Waals surface area (Å²) in [6, 6.07) is 3.09. The van der Waals surface area contributed by atoms with Crippen LogP contribution in [0, 0.1) is 11.2 Å². The van der Waals surface area contributed by atoms with Gasteiger partial charge >= 0.3 is 5.97 Å². The molecule has 0 unspecified atom stereocenters. The van der Waals surface area contributed by atoms with E-state index in [-0.39, 0.29) is 11.5 Å². The fourth-order valence-corrected chi connectivity index (χ4v) is 1.97. The summed E-state index contributed by atoms with van der Waals surface area (Å²) in [7, 11) is 4.03. The van der Waals surface area contributed by atoms with E-state index >= 15 is 0 Å². The van der Waals surface area contributed by atoms with E-state index in [1.807, 2.05) is 35.1 Å². The van der Waals surface area contributed by atoms with E-state index in [1.165, 1.54) is 36.1 Å². The number of halogens is 1. The van der Waals surface area contributed by atoms with Gasteiger partial charge in [-0.15, -0.1) is 0 Å². The molecule has 0 atom stereocenters. The molecule has 1 aromatic carbocycles. The zero-order chi connectivity index (χ0) is 17.1. The summed E-state index contributed by atoms with van der Waals surface area (Å²) in [4.78, 5) is 22.9. The lowest BCUT2D eigenvalue weighted by molar-refractivity contribution is -0.114. The third-order valence-corrected chi connectivity index (χ3v) is 3.12. The smallest absolute Gasteiger partial charge is 0.341 e. The van der Waals surface area contributed by atoms with Crippen molar-refractivity contribution in [2.75, 3.05) is 19.5 Å². The van der Waals surface area contributed by atoms with Gasteiger partial charge in [-0.2, -0.15) is 0 Å². The lowest BCUT2D eigenvalue weighted by Gasteiger charge is -2.12. The van der Waals surface area contributed by atoms with Gasteiger partial charge in [0.15, 0.2) is 0 Å². The van der Waals surface area contributed by atoms with Crippen molar-refractivity contribution in [2.24, 2.45) is 0 Å². The third-order valence-electron chi connectivity index (χ3n) is 2.28. The van der Waals surface area contributed by atoms with Gasteiger partial charge in [0, 0.05) is 34.2 Å². The number of hydrogen-bond acceptors (Lipinski definition) is 5. The van der Waals surface area contributed by atoms with Crippen LogP contribution in [-0.4, -0.2) is 26.1 Å². The number of amides is 1. The lowest BCUT2D eigenvalue weighted by Crippen LogP contribution is -2.10. The second-order valence-corrected chi connectivity index (χ2v) is 5.25. The van der Waals surface area contributed by atoms with Crippen molar-refractivity contribution >= 4 is 47.7 Å². The normalized spacial score (nSPS) is 8.64. The fourth-order valence-electron chi connectivity index (χ4n) is 1.49. The highest BCUT2D eigenvalue weighted by Gasteiger charge is 2.16. The van der Waals surface area contributed by atoms with Crippen LogP contribution in [0.4, 0.5) is 5.69 Å². The highest BCUT2D eigenvalue weighted by molar-refractivity contribution is 14.2. The van der Waals surface area contributed by atoms with E-state index in [9.17, 15) is 9.59 Å². The highest BCUT2D eigenvalue weighted by atomic mass is 127. The van der Waals surface area contributed by atoms with Crippen molar-refractivity contribution in [1.82, 2.24) is 0 Å². The Hall–Kier alpha value is -1.40. The average Bonchev–Trinajstić information content (AvgIpc) is 2.53. The van der Waals surface area contributed by atoms with Crippen LogP contribution in [-0.2, 0) is 9.53 Å². The van der Waals surface area contributed by atoms with Crippen LogP contribution in [0.25, 0.3) is 0 Å². The van der Waals surface area contributed by atoms with Gasteiger partial charge in [-0.25, -0.2) is 4.79 Å². The van der Waals surface area contributed by atoms with E-state index in [2.05, 4.69) is 16.5 Å². The average molecular weight is 435 g/mol. The number of rotatable bonds is 3. The highest BCUT2D eigenvalue weighted by Crippen LogP contribution is 2.28. The Morgan fingerprint density at radius 1 is 1.27 bits per heavy atom. The summed E-state index contributed by atoms with van der Waals surface area (Å²) in [6.45, 7) is 5.39. The molecule has 0 bridgehead atoms. The van der Waals surface area contributed by atoms with Crippen LogP contribution >= 0.6 is 30.1 Å².